The second-order valence-electron chi connectivity index (χ2n) is 2.73. The van der Waals surface area contributed by atoms with Crippen LogP contribution in [0.2, 0.25) is 0 Å². The fourth-order valence-corrected chi connectivity index (χ4v) is 1.05. The van der Waals surface area contributed by atoms with Crippen LogP contribution in [-0.2, 0) is 6.42 Å². The summed E-state index contributed by atoms with van der Waals surface area (Å²) in [5.41, 5.74) is 6.21. The minimum absolute atomic E-state index is 0.153. The Morgan fingerprint density at radius 1 is 1.64 bits per heavy atom. The van der Waals surface area contributed by atoms with Crippen LogP contribution in [-0.4, -0.2) is 22.6 Å². The molecule has 0 atom stereocenters. The molecule has 0 spiro atoms. The maximum Gasteiger partial charge on any atom is 0.143 e. The number of pyridine rings is 1. The zero-order chi connectivity index (χ0) is 10.4. The van der Waals surface area contributed by atoms with Crippen molar-refractivity contribution in [3.05, 3.63) is 24.0 Å². The van der Waals surface area contributed by atoms with Gasteiger partial charge in [0, 0.05) is 12.6 Å². The van der Waals surface area contributed by atoms with Crippen LogP contribution in [0.3, 0.4) is 0 Å². The van der Waals surface area contributed by atoms with Crippen molar-refractivity contribution in [1.82, 2.24) is 4.98 Å². The van der Waals surface area contributed by atoms with E-state index >= 15 is 0 Å². The molecule has 0 aliphatic rings. The molecule has 0 radical (unpaired) electrons. The van der Waals surface area contributed by atoms with E-state index in [1.807, 2.05) is 13.0 Å². The van der Waals surface area contributed by atoms with Gasteiger partial charge in [-0.25, -0.2) is 0 Å². The number of rotatable bonds is 4. The summed E-state index contributed by atoms with van der Waals surface area (Å²) in [5, 5.41) is 11.3. The smallest absolute Gasteiger partial charge is 0.143 e. The van der Waals surface area contributed by atoms with Crippen LogP contribution < -0.4 is 10.5 Å². The van der Waals surface area contributed by atoms with Crippen molar-refractivity contribution in [1.29, 1.82) is 0 Å². The van der Waals surface area contributed by atoms with E-state index < -0.39 is 0 Å². The van der Waals surface area contributed by atoms with Gasteiger partial charge in [-0.1, -0.05) is 5.16 Å². The summed E-state index contributed by atoms with van der Waals surface area (Å²) < 4.78 is 5.26. The average molecular weight is 195 g/mol. The van der Waals surface area contributed by atoms with E-state index in [2.05, 4.69) is 10.1 Å². The van der Waals surface area contributed by atoms with Crippen molar-refractivity contribution in [3.63, 3.8) is 0 Å². The number of nitrogens with zero attached hydrogens (tertiary/aromatic N) is 2. The van der Waals surface area contributed by atoms with Crippen LogP contribution in [0.25, 0.3) is 0 Å². The number of ether oxygens (including phenoxy) is 1. The molecule has 0 aliphatic carbocycles. The zero-order valence-electron chi connectivity index (χ0n) is 7.97. The molecular formula is C9H13N3O2. The van der Waals surface area contributed by atoms with Crippen molar-refractivity contribution < 1.29 is 9.94 Å². The summed E-state index contributed by atoms with van der Waals surface area (Å²) in [6.07, 6.45) is 3.64. The van der Waals surface area contributed by atoms with Gasteiger partial charge in [-0.3, -0.25) is 4.98 Å². The molecule has 1 aromatic heterocycles. The Morgan fingerprint density at radius 2 is 2.43 bits per heavy atom. The summed E-state index contributed by atoms with van der Waals surface area (Å²) in [6, 6.07) is 1.81. The lowest BCUT2D eigenvalue weighted by molar-refractivity contribution is 0.317. The van der Waals surface area contributed by atoms with Crippen molar-refractivity contribution in [2.75, 3.05) is 6.61 Å². The lowest BCUT2D eigenvalue weighted by Crippen LogP contribution is -2.14. The fourth-order valence-electron chi connectivity index (χ4n) is 1.05. The molecule has 76 valence electrons. The molecule has 5 nitrogen and oxygen atoms in total. The van der Waals surface area contributed by atoms with E-state index in [1.54, 1.807) is 12.4 Å². The standard InChI is InChI=1S/C9H13N3O2/c1-2-14-8-3-7(5-11-6-8)4-9(10)12-13/h3,5-6,13H,2,4H2,1H3,(H2,10,12). The Labute approximate surface area is 82.2 Å². The number of aromatic nitrogens is 1. The van der Waals surface area contributed by atoms with E-state index in [4.69, 9.17) is 15.7 Å². The molecule has 0 saturated heterocycles. The molecular weight excluding hydrogens is 182 g/mol. The molecule has 0 bridgehead atoms. The average Bonchev–Trinajstić information content (AvgIpc) is 2.19. The highest BCUT2D eigenvalue weighted by atomic mass is 16.5. The van der Waals surface area contributed by atoms with E-state index in [9.17, 15) is 0 Å². The van der Waals surface area contributed by atoms with E-state index in [1.165, 1.54) is 0 Å². The van der Waals surface area contributed by atoms with Gasteiger partial charge in [-0.15, -0.1) is 0 Å². The minimum Gasteiger partial charge on any atom is -0.492 e. The highest BCUT2D eigenvalue weighted by Gasteiger charge is 2.00. The second kappa shape index (κ2) is 5.06. The first-order valence-electron chi connectivity index (χ1n) is 4.29. The van der Waals surface area contributed by atoms with Crippen LogP contribution >= 0.6 is 0 Å². The summed E-state index contributed by atoms with van der Waals surface area (Å²) in [6.45, 7) is 2.49. The number of oxime groups is 1. The van der Waals surface area contributed by atoms with Gasteiger partial charge >= 0.3 is 0 Å². The van der Waals surface area contributed by atoms with Gasteiger partial charge < -0.3 is 15.7 Å². The number of hydrogen-bond donors (Lipinski definition) is 2. The highest BCUT2D eigenvalue weighted by Crippen LogP contribution is 2.11. The van der Waals surface area contributed by atoms with Crippen LogP contribution in [0.1, 0.15) is 12.5 Å². The van der Waals surface area contributed by atoms with Crippen molar-refractivity contribution in [2.24, 2.45) is 10.9 Å². The predicted molar refractivity (Wildman–Crippen MR) is 52.5 cm³/mol. The Balaban J connectivity index is 2.73. The zero-order valence-corrected chi connectivity index (χ0v) is 7.97. The first-order valence-corrected chi connectivity index (χ1v) is 4.29. The number of hydrogen-bond acceptors (Lipinski definition) is 4. The largest absolute Gasteiger partial charge is 0.492 e. The molecule has 5 heteroatoms. The molecule has 1 heterocycles. The molecule has 1 rings (SSSR count). The van der Waals surface area contributed by atoms with Crippen molar-refractivity contribution in [3.8, 4) is 5.75 Å². The second-order valence-corrected chi connectivity index (χ2v) is 2.73. The van der Waals surface area contributed by atoms with Crippen LogP contribution in [0.4, 0.5) is 0 Å². The molecule has 0 amide bonds. The summed E-state index contributed by atoms with van der Waals surface area (Å²) in [7, 11) is 0. The molecule has 3 N–H and O–H groups in total. The van der Waals surface area contributed by atoms with Gasteiger partial charge in [-0.2, -0.15) is 0 Å². The number of amidine groups is 1. The van der Waals surface area contributed by atoms with Gasteiger partial charge in [-0.05, 0) is 18.6 Å². The Kier molecular flexibility index (Phi) is 3.72. The third-order valence-electron chi connectivity index (χ3n) is 1.59. The first-order chi connectivity index (χ1) is 6.76. The SMILES string of the molecule is CCOc1cncc(C/C(N)=N/O)c1. The molecule has 1 aromatic rings. The first kappa shape index (κ1) is 10.3. The maximum absolute atomic E-state index is 8.38. The Morgan fingerprint density at radius 3 is 3.07 bits per heavy atom. The molecule has 0 aromatic carbocycles. The third kappa shape index (κ3) is 2.93. The predicted octanol–water partition coefficient (Wildman–Crippen LogP) is 0.769. The van der Waals surface area contributed by atoms with E-state index in [-0.39, 0.29) is 5.84 Å². The van der Waals surface area contributed by atoms with Crippen LogP contribution in [0, 0.1) is 0 Å². The van der Waals surface area contributed by atoms with Crippen LogP contribution in [0.15, 0.2) is 23.6 Å². The molecule has 0 saturated carbocycles. The third-order valence-corrected chi connectivity index (χ3v) is 1.59. The Hall–Kier alpha value is -1.78. The van der Waals surface area contributed by atoms with Gasteiger partial charge in [0.2, 0.25) is 0 Å². The van der Waals surface area contributed by atoms with Gasteiger partial charge in [0.1, 0.15) is 11.6 Å². The van der Waals surface area contributed by atoms with Crippen molar-refractivity contribution in [2.45, 2.75) is 13.3 Å². The number of nitrogens with two attached hydrogens (primary N) is 1. The van der Waals surface area contributed by atoms with E-state index in [0.717, 1.165) is 5.56 Å². The molecule has 14 heavy (non-hydrogen) atoms. The minimum atomic E-state index is 0.153. The molecule has 0 aliphatic heterocycles. The quantitative estimate of drug-likeness (QED) is 0.322. The fraction of sp³-hybridized carbons (Fsp3) is 0.333. The maximum atomic E-state index is 8.38. The topological polar surface area (TPSA) is 80.7 Å². The molecule has 0 fully saturated rings. The normalized spacial score (nSPS) is 11.4. The van der Waals surface area contributed by atoms with Gasteiger partial charge in [0.05, 0.1) is 12.8 Å². The summed E-state index contributed by atoms with van der Waals surface area (Å²) in [4.78, 5) is 3.97. The van der Waals surface area contributed by atoms with Crippen molar-refractivity contribution >= 4 is 5.84 Å². The summed E-state index contributed by atoms with van der Waals surface area (Å²) in [5.74, 6) is 0.844. The lowest BCUT2D eigenvalue weighted by Gasteiger charge is -2.04. The van der Waals surface area contributed by atoms with Crippen LogP contribution in [0.5, 0.6) is 5.75 Å². The lowest BCUT2D eigenvalue weighted by atomic mass is 10.2. The highest BCUT2D eigenvalue weighted by molar-refractivity contribution is 5.81. The Bertz CT molecular complexity index is 326. The van der Waals surface area contributed by atoms with Gasteiger partial charge in [0.25, 0.3) is 0 Å². The molecule has 0 unspecified atom stereocenters. The monoisotopic (exact) mass is 195 g/mol. The summed E-state index contributed by atoms with van der Waals surface area (Å²) >= 11 is 0. The van der Waals surface area contributed by atoms with E-state index in [0.29, 0.717) is 18.8 Å². The van der Waals surface area contributed by atoms with Gasteiger partial charge in [0.15, 0.2) is 0 Å².